The van der Waals surface area contributed by atoms with Crippen LogP contribution < -0.4 is 5.32 Å². The van der Waals surface area contributed by atoms with Gasteiger partial charge in [-0.1, -0.05) is 18.2 Å². The lowest BCUT2D eigenvalue weighted by Crippen LogP contribution is -2.35. The molecule has 1 aliphatic rings. The molecule has 6 heteroatoms. The number of hydrogen-bond acceptors (Lipinski definition) is 4. The highest BCUT2D eigenvalue weighted by atomic mass is 16.3. The number of fused-ring (bicyclic) bond motifs is 1. The molecule has 1 N–H and O–H groups in total. The molecule has 32 heavy (non-hydrogen) atoms. The quantitative estimate of drug-likeness (QED) is 0.481. The van der Waals surface area contributed by atoms with Crippen molar-refractivity contribution in [2.75, 3.05) is 11.9 Å². The first-order valence-electron chi connectivity index (χ1n) is 10.5. The number of carbonyl (C=O) groups is 2. The number of rotatable bonds is 4. The second-order valence-electron chi connectivity index (χ2n) is 7.86. The molecule has 6 nitrogen and oxygen atoms in total. The minimum absolute atomic E-state index is 0.114. The maximum Gasteiger partial charge on any atom is 0.289 e. The van der Waals surface area contributed by atoms with Crippen molar-refractivity contribution >= 4 is 17.5 Å². The second-order valence-corrected chi connectivity index (χ2v) is 7.86. The van der Waals surface area contributed by atoms with Crippen molar-refractivity contribution < 1.29 is 18.4 Å². The maximum atomic E-state index is 12.6. The largest absolute Gasteiger partial charge is 0.461 e. The van der Waals surface area contributed by atoms with E-state index < -0.39 is 0 Å². The molecule has 0 fully saturated rings. The lowest BCUT2D eigenvalue weighted by atomic mass is 10.1. The molecule has 4 aromatic rings. The van der Waals surface area contributed by atoms with Gasteiger partial charge in [0.2, 0.25) is 0 Å². The Kier molecular flexibility index (Phi) is 5.11. The fraction of sp³-hybridized carbons (Fsp3) is 0.154. The zero-order valence-electron chi connectivity index (χ0n) is 17.6. The van der Waals surface area contributed by atoms with Gasteiger partial charge in [0.1, 0.15) is 11.5 Å². The van der Waals surface area contributed by atoms with Crippen LogP contribution in [-0.2, 0) is 13.0 Å². The number of nitrogens with one attached hydrogen (secondary N) is 1. The van der Waals surface area contributed by atoms with Gasteiger partial charge in [-0.2, -0.15) is 0 Å². The van der Waals surface area contributed by atoms with Crippen LogP contribution in [0.25, 0.3) is 11.3 Å². The van der Waals surface area contributed by atoms with Crippen molar-refractivity contribution in [1.29, 1.82) is 0 Å². The van der Waals surface area contributed by atoms with E-state index in [4.69, 9.17) is 8.83 Å². The summed E-state index contributed by atoms with van der Waals surface area (Å²) < 4.78 is 11.3. The van der Waals surface area contributed by atoms with Gasteiger partial charge >= 0.3 is 0 Å². The van der Waals surface area contributed by atoms with E-state index in [9.17, 15) is 9.59 Å². The fourth-order valence-corrected chi connectivity index (χ4v) is 3.95. The molecule has 0 saturated carbocycles. The van der Waals surface area contributed by atoms with Crippen molar-refractivity contribution in [2.24, 2.45) is 0 Å². The first-order valence-corrected chi connectivity index (χ1v) is 10.5. The highest BCUT2D eigenvalue weighted by molar-refractivity contribution is 6.05. The van der Waals surface area contributed by atoms with Gasteiger partial charge in [-0.05, 0) is 61.0 Å². The lowest BCUT2D eigenvalue weighted by Gasteiger charge is -2.25. The van der Waals surface area contributed by atoms with E-state index >= 15 is 0 Å². The summed E-state index contributed by atoms with van der Waals surface area (Å²) in [5, 5.41) is 2.94. The molecular formula is C26H22N2O4. The van der Waals surface area contributed by atoms with Crippen LogP contribution in [0.1, 0.15) is 37.8 Å². The number of anilines is 1. The van der Waals surface area contributed by atoms with Gasteiger partial charge < -0.3 is 19.1 Å². The third kappa shape index (κ3) is 3.83. The van der Waals surface area contributed by atoms with Gasteiger partial charge in [-0.15, -0.1) is 0 Å². The molecule has 3 heterocycles. The summed E-state index contributed by atoms with van der Waals surface area (Å²) in [5.41, 5.74) is 4.22. The van der Waals surface area contributed by atoms with Crippen LogP contribution in [0.2, 0.25) is 0 Å². The third-order valence-electron chi connectivity index (χ3n) is 5.70. The number of benzene rings is 2. The molecule has 0 unspecified atom stereocenters. The smallest absolute Gasteiger partial charge is 0.289 e. The van der Waals surface area contributed by atoms with Crippen molar-refractivity contribution in [2.45, 2.75) is 19.9 Å². The zero-order valence-corrected chi connectivity index (χ0v) is 17.6. The van der Waals surface area contributed by atoms with E-state index in [1.807, 2.05) is 61.5 Å². The van der Waals surface area contributed by atoms with Crippen molar-refractivity contribution in [3.05, 3.63) is 101 Å². The molecule has 0 spiro atoms. The van der Waals surface area contributed by atoms with Crippen LogP contribution in [0.5, 0.6) is 0 Å². The second kappa shape index (κ2) is 8.23. The standard InChI is InChI=1S/C26H22N2O4/c1-17-5-2-3-6-21(17)25(29)27-20-10-8-18(9-11-20)24-15-19-16-28(13-12-22(19)32-24)26(30)23-7-4-14-31-23/h2-11,14-15H,12-13,16H2,1H3,(H,27,29). The number of amides is 2. The van der Waals surface area contributed by atoms with Crippen LogP contribution >= 0.6 is 0 Å². The van der Waals surface area contributed by atoms with E-state index in [-0.39, 0.29) is 11.8 Å². The van der Waals surface area contributed by atoms with Crippen molar-refractivity contribution in [1.82, 2.24) is 4.90 Å². The molecule has 2 amide bonds. The summed E-state index contributed by atoms with van der Waals surface area (Å²) in [6, 6.07) is 20.4. The molecule has 0 saturated heterocycles. The molecule has 2 aromatic carbocycles. The Morgan fingerprint density at radius 3 is 2.56 bits per heavy atom. The van der Waals surface area contributed by atoms with E-state index in [1.54, 1.807) is 17.0 Å². The maximum absolute atomic E-state index is 12.6. The Hall–Kier alpha value is -4.06. The van der Waals surface area contributed by atoms with Crippen LogP contribution in [-0.4, -0.2) is 23.3 Å². The minimum atomic E-state index is -0.134. The van der Waals surface area contributed by atoms with Crippen LogP contribution in [0.3, 0.4) is 0 Å². The number of aryl methyl sites for hydroxylation is 1. The third-order valence-corrected chi connectivity index (χ3v) is 5.70. The highest BCUT2D eigenvalue weighted by Crippen LogP contribution is 2.31. The molecule has 2 aromatic heterocycles. The Morgan fingerprint density at radius 1 is 1.00 bits per heavy atom. The predicted octanol–water partition coefficient (Wildman–Crippen LogP) is 5.30. The van der Waals surface area contributed by atoms with Gasteiger partial charge in [-0.25, -0.2) is 0 Å². The Bertz CT molecular complexity index is 1270. The first-order chi connectivity index (χ1) is 15.6. The number of nitrogens with zero attached hydrogens (tertiary/aromatic N) is 1. The normalized spacial score (nSPS) is 13.0. The summed E-state index contributed by atoms with van der Waals surface area (Å²) >= 11 is 0. The van der Waals surface area contributed by atoms with Gasteiger partial charge in [0.25, 0.3) is 11.8 Å². The molecule has 0 bridgehead atoms. The van der Waals surface area contributed by atoms with E-state index in [0.29, 0.717) is 36.5 Å². The van der Waals surface area contributed by atoms with E-state index in [0.717, 1.165) is 28.2 Å². The van der Waals surface area contributed by atoms with E-state index in [1.165, 1.54) is 6.26 Å². The summed E-state index contributed by atoms with van der Waals surface area (Å²) in [6.07, 6.45) is 2.16. The van der Waals surface area contributed by atoms with Crippen LogP contribution in [0.4, 0.5) is 5.69 Å². The molecule has 0 aliphatic carbocycles. The van der Waals surface area contributed by atoms with E-state index in [2.05, 4.69) is 5.32 Å². The van der Waals surface area contributed by atoms with Crippen LogP contribution in [0, 0.1) is 6.92 Å². The molecular weight excluding hydrogens is 404 g/mol. The Morgan fingerprint density at radius 2 is 1.81 bits per heavy atom. The first kappa shape index (κ1) is 19.9. The average molecular weight is 426 g/mol. The Balaban J connectivity index is 1.29. The highest BCUT2D eigenvalue weighted by Gasteiger charge is 2.26. The van der Waals surface area contributed by atoms with Gasteiger partial charge in [0.05, 0.1) is 6.26 Å². The van der Waals surface area contributed by atoms with Crippen molar-refractivity contribution in [3.8, 4) is 11.3 Å². The molecule has 0 radical (unpaired) electrons. The fourth-order valence-electron chi connectivity index (χ4n) is 3.95. The number of furan rings is 2. The van der Waals surface area contributed by atoms with Gasteiger partial charge in [0.15, 0.2) is 5.76 Å². The summed E-state index contributed by atoms with van der Waals surface area (Å²) in [7, 11) is 0. The predicted molar refractivity (Wildman–Crippen MR) is 120 cm³/mol. The lowest BCUT2D eigenvalue weighted by molar-refractivity contribution is 0.0697. The number of carbonyl (C=O) groups excluding carboxylic acids is 2. The minimum Gasteiger partial charge on any atom is -0.461 e. The van der Waals surface area contributed by atoms with Crippen molar-refractivity contribution in [3.63, 3.8) is 0 Å². The Labute approximate surface area is 185 Å². The number of hydrogen-bond donors (Lipinski definition) is 1. The summed E-state index contributed by atoms with van der Waals surface area (Å²) in [4.78, 5) is 26.9. The van der Waals surface area contributed by atoms with Crippen LogP contribution in [0.15, 0.2) is 81.8 Å². The SMILES string of the molecule is Cc1ccccc1C(=O)Nc1ccc(-c2cc3c(o2)CCN(C(=O)c2ccco2)C3)cc1. The molecule has 160 valence electrons. The van der Waals surface area contributed by atoms with Gasteiger partial charge in [-0.3, -0.25) is 9.59 Å². The zero-order chi connectivity index (χ0) is 22.1. The summed E-state index contributed by atoms with van der Waals surface area (Å²) in [5.74, 6) is 1.75. The average Bonchev–Trinajstić information content (AvgIpc) is 3.49. The summed E-state index contributed by atoms with van der Waals surface area (Å²) in [6.45, 7) is 2.99. The topological polar surface area (TPSA) is 75.7 Å². The molecule has 0 atom stereocenters. The van der Waals surface area contributed by atoms with Gasteiger partial charge in [0, 0.05) is 41.9 Å². The monoisotopic (exact) mass is 426 g/mol. The molecule has 1 aliphatic heterocycles. The molecule has 5 rings (SSSR count).